The number of anilines is 1. The number of hydrogen-bond acceptors (Lipinski definition) is 5. The van der Waals surface area contributed by atoms with Crippen LogP contribution in [0.25, 0.3) is 0 Å². The fraction of sp³-hybridized carbons (Fsp3) is 0.636. The van der Waals surface area contributed by atoms with Crippen molar-refractivity contribution in [2.24, 2.45) is 0 Å². The third-order valence-electron chi connectivity index (χ3n) is 3.08. The minimum Gasteiger partial charge on any atom is -0.353 e. The minimum atomic E-state index is 1.06. The molecule has 0 radical (unpaired) electrons. The lowest BCUT2D eigenvalue weighted by Gasteiger charge is -2.31. The number of rotatable bonds is 1. The summed E-state index contributed by atoms with van der Waals surface area (Å²) in [6.45, 7) is 4.24. The monoisotopic (exact) mass is 236 g/mol. The number of hydrogen-bond donors (Lipinski definition) is 1. The molecular weight excluding hydrogens is 220 g/mol. The number of thioether (sulfide) groups is 1. The van der Waals surface area contributed by atoms with Gasteiger partial charge in [-0.2, -0.15) is 0 Å². The van der Waals surface area contributed by atoms with Crippen molar-refractivity contribution < 1.29 is 0 Å². The average Bonchev–Trinajstić information content (AvgIpc) is 2.39. The molecule has 2 aliphatic rings. The Balaban J connectivity index is 1.93. The Bertz CT molecular complexity index is 376. The predicted octanol–water partition coefficient (Wildman–Crippen LogP) is 0.924. The molecule has 0 saturated carbocycles. The van der Waals surface area contributed by atoms with Crippen LogP contribution in [0.2, 0.25) is 0 Å². The van der Waals surface area contributed by atoms with E-state index in [0.29, 0.717) is 0 Å². The Kier molecular flexibility index (Phi) is 2.97. The standard InChI is InChI=1S/C11H16N4S/c1-2-9-10(16-7-1)11(14-8-13-9)15-5-3-12-4-6-15/h8,12H,1-7H2. The number of nitrogens with one attached hydrogen (secondary N) is 1. The van der Waals surface area contributed by atoms with Crippen molar-refractivity contribution in [1.29, 1.82) is 0 Å². The number of aromatic nitrogens is 2. The lowest BCUT2D eigenvalue weighted by Crippen LogP contribution is -2.44. The molecule has 3 heterocycles. The van der Waals surface area contributed by atoms with Gasteiger partial charge in [-0.1, -0.05) is 0 Å². The van der Waals surface area contributed by atoms with Gasteiger partial charge in [0.2, 0.25) is 0 Å². The molecule has 1 fully saturated rings. The quantitative estimate of drug-likeness (QED) is 0.785. The zero-order valence-electron chi connectivity index (χ0n) is 9.28. The minimum absolute atomic E-state index is 1.06. The van der Waals surface area contributed by atoms with Gasteiger partial charge in [-0.25, -0.2) is 9.97 Å². The van der Waals surface area contributed by atoms with Crippen LogP contribution < -0.4 is 10.2 Å². The van der Waals surface area contributed by atoms with Crippen LogP contribution in [0.5, 0.6) is 0 Å². The number of aryl methyl sites for hydroxylation is 1. The summed E-state index contributed by atoms with van der Waals surface area (Å²) in [5.41, 5.74) is 1.25. The fourth-order valence-corrected chi connectivity index (χ4v) is 3.37. The average molecular weight is 236 g/mol. The van der Waals surface area contributed by atoms with Gasteiger partial charge in [0.1, 0.15) is 12.1 Å². The Morgan fingerprint density at radius 2 is 2.12 bits per heavy atom. The maximum Gasteiger partial charge on any atom is 0.146 e. The van der Waals surface area contributed by atoms with E-state index in [0.717, 1.165) is 38.4 Å². The van der Waals surface area contributed by atoms with Crippen LogP contribution >= 0.6 is 11.8 Å². The second-order valence-corrected chi connectivity index (χ2v) is 5.27. The van der Waals surface area contributed by atoms with Crippen LogP contribution in [0, 0.1) is 0 Å². The molecule has 0 atom stereocenters. The lowest BCUT2D eigenvalue weighted by atomic mass is 10.2. The fourth-order valence-electron chi connectivity index (χ4n) is 2.24. The maximum atomic E-state index is 4.48. The summed E-state index contributed by atoms with van der Waals surface area (Å²) in [5.74, 6) is 2.37. The zero-order chi connectivity index (χ0) is 10.8. The van der Waals surface area contributed by atoms with E-state index in [1.165, 1.54) is 22.8 Å². The van der Waals surface area contributed by atoms with Crippen LogP contribution in [0.15, 0.2) is 11.2 Å². The molecule has 5 heteroatoms. The Hall–Kier alpha value is -0.810. The molecule has 1 aromatic heterocycles. The van der Waals surface area contributed by atoms with E-state index in [2.05, 4.69) is 20.2 Å². The molecule has 0 spiro atoms. The first-order valence-corrected chi connectivity index (χ1v) is 6.86. The first-order chi connectivity index (χ1) is 7.95. The van der Waals surface area contributed by atoms with Crippen molar-refractivity contribution in [3.63, 3.8) is 0 Å². The van der Waals surface area contributed by atoms with Gasteiger partial charge < -0.3 is 10.2 Å². The van der Waals surface area contributed by atoms with E-state index in [1.807, 2.05) is 11.8 Å². The van der Waals surface area contributed by atoms with Crippen LogP contribution in [-0.2, 0) is 6.42 Å². The first kappa shape index (κ1) is 10.4. The molecular formula is C11H16N4S. The van der Waals surface area contributed by atoms with Crippen molar-refractivity contribution in [2.45, 2.75) is 17.7 Å². The lowest BCUT2D eigenvalue weighted by molar-refractivity contribution is 0.579. The van der Waals surface area contributed by atoms with Gasteiger partial charge in [-0.05, 0) is 18.6 Å². The summed E-state index contributed by atoms with van der Waals surface area (Å²) in [6.07, 6.45) is 4.09. The predicted molar refractivity (Wildman–Crippen MR) is 66.2 cm³/mol. The highest BCUT2D eigenvalue weighted by atomic mass is 32.2. The summed E-state index contributed by atoms with van der Waals surface area (Å²) >= 11 is 1.92. The molecule has 86 valence electrons. The van der Waals surface area contributed by atoms with Gasteiger partial charge in [0, 0.05) is 26.2 Å². The smallest absolute Gasteiger partial charge is 0.146 e. The molecule has 16 heavy (non-hydrogen) atoms. The van der Waals surface area contributed by atoms with Gasteiger partial charge in [0.05, 0.1) is 10.6 Å². The van der Waals surface area contributed by atoms with Gasteiger partial charge in [-0.15, -0.1) is 11.8 Å². The van der Waals surface area contributed by atoms with Crippen LogP contribution in [0.3, 0.4) is 0 Å². The normalized spacial score (nSPS) is 20.6. The van der Waals surface area contributed by atoms with Crippen molar-refractivity contribution in [3.05, 3.63) is 12.0 Å². The molecule has 0 bridgehead atoms. The number of nitrogens with zero attached hydrogens (tertiary/aromatic N) is 3. The molecule has 0 unspecified atom stereocenters. The van der Waals surface area contributed by atoms with Crippen molar-refractivity contribution in [3.8, 4) is 0 Å². The van der Waals surface area contributed by atoms with Gasteiger partial charge >= 0.3 is 0 Å². The van der Waals surface area contributed by atoms with Crippen molar-refractivity contribution >= 4 is 17.6 Å². The van der Waals surface area contributed by atoms with E-state index in [9.17, 15) is 0 Å². The zero-order valence-corrected chi connectivity index (χ0v) is 10.1. The highest BCUT2D eigenvalue weighted by Crippen LogP contribution is 2.35. The molecule has 0 aromatic carbocycles. The third-order valence-corrected chi connectivity index (χ3v) is 4.28. The Morgan fingerprint density at radius 3 is 3.00 bits per heavy atom. The Morgan fingerprint density at radius 1 is 1.25 bits per heavy atom. The summed E-state index contributed by atoms with van der Waals surface area (Å²) < 4.78 is 0. The van der Waals surface area contributed by atoms with Crippen molar-refractivity contribution in [2.75, 3.05) is 36.8 Å². The molecule has 1 saturated heterocycles. The van der Waals surface area contributed by atoms with Gasteiger partial charge in [0.25, 0.3) is 0 Å². The van der Waals surface area contributed by atoms with Crippen LogP contribution in [-0.4, -0.2) is 41.9 Å². The largest absolute Gasteiger partial charge is 0.353 e. The molecule has 1 N–H and O–H groups in total. The van der Waals surface area contributed by atoms with E-state index >= 15 is 0 Å². The van der Waals surface area contributed by atoms with Crippen LogP contribution in [0.4, 0.5) is 5.82 Å². The SMILES string of the molecule is c1nc2c(c(N3CCNCC3)n1)SCCC2. The molecule has 0 amide bonds. The van der Waals surface area contributed by atoms with Crippen molar-refractivity contribution in [1.82, 2.24) is 15.3 Å². The number of fused-ring (bicyclic) bond motifs is 1. The first-order valence-electron chi connectivity index (χ1n) is 5.87. The van der Waals surface area contributed by atoms with Gasteiger partial charge in [0.15, 0.2) is 0 Å². The number of piperazine rings is 1. The summed E-state index contributed by atoms with van der Waals surface area (Å²) in [4.78, 5) is 12.6. The Labute approximate surface area is 99.8 Å². The highest BCUT2D eigenvalue weighted by molar-refractivity contribution is 7.99. The maximum absolute atomic E-state index is 4.48. The third kappa shape index (κ3) is 1.89. The molecule has 2 aliphatic heterocycles. The highest BCUT2D eigenvalue weighted by Gasteiger charge is 2.21. The second kappa shape index (κ2) is 4.59. The molecule has 1 aromatic rings. The summed E-state index contributed by atoms with van der Waals surface area (Å²) in [5, 5.41) is 3.37. The summed E-state index contributed by atoms with van der Waals surface area (Å²) in [7, 11) is 0. The van der Waals surface area contributed by atoms with E-state index in [4.69, 9.17) is 0 Å². The van der Waals surface area contributed by atoms with E-state index < -0.39 is 0 Å². The van der Waals surface area contributed by atoms with Crippen LogP contribution in [0.1, 0.15) is 12.1 Å². The van der Waals surface area contributed by atoms with E-state index in [-0.39, 0.29) is 0 Å². The summed E-state index contributed by atoms with van der Waals surface area (Å²) in [6, 6.07) is 0. The van der Waals surface area contributed by atoms with Gasteiger partial charge in [-0.3, -0.25) is 0 Å². The topological polar surface area (TPSA) is 41.1 Å². The molecule has 3 rings (SSSR count). The molecule has 0 aliphatic carbocycles. The molecule has 4 nitrogen and oxygen atoms in total. The van der Waals surface area contributed by atoms with E-state index in [1.54, 1.807) is 6.33 Å². The second-order valence-electron chi connectivity index (χ2n) is 4.16.